The van der Waals surface area contributed by atoms with E-state index in [2.05, 4.69) is 16.3 Å². The Morgan fingerprint density at radius 3 is 3.00 bits per heavy atom. The SMILES string of the molecule is CCCn1c(SCc2ccc(OC)c(C#N)c2)n[nH]c1=O. The molecule has 1 N–H and O–H groups in total. The summed E-state index contributed by atoms with van der Waals surface area (Å²) in [5, 5.41) is 16.2. The Hall–Kier alpha value is -2.20. The molecule has 0 bridgehead atoms. The van der Waals surface area contributed by atoms with Gasteiger partial charge in [-0.2, -0.15) is 5.26 Å². The third-order valence-electron chi connectivity index (χ3n) is 2.92. The molecule has 6 nitrogen and oxygen atoms in total. The number of hydrogen-bond donors (Lipinski definition) is 1. The third kappa shape index (κ3) is 3.47. The minimum absolute atomic E-state index is 0.188. The highest BCUT2D eigenvalue weighted by molar-refractivity contribution is 7.98. The van der Waals surface area contributed by atoms with Gasteiger partial charge in [-0.15, -0.1) is 5.10 Å². The monoisotopic (exact) mass is 304 g/mol. The average molecular weight is 304 g/mol. The molecule has 0 aliphatic rings. The molecule has 0 saturated heterocycles. The van der Waals surface area contributed by atoms with Gasteiger partial charge in [0.15, 0.2) is 5.16 Å². The molecule has 0 amide bonds. The summed E-state index contributed by atoms with van der Waals surface area (Å²) in [5.74, 6) is 1.20. The number of aromatic amines is 1. The van der Waals surface area contributed by atoms with E-state index in [0.717, 1.165) is 12.0 Å². The highest BCUT2D eigenvalue weighted by Gasteiger charge is 2.09. The summed E-state index contributed by atoms with van der Waals surface area (Å²) >= 11 is 1.46. The fourth-order valence-corrected chi connectivity index (χ4v) is 2.83. The zero-order chi connectivity index (χ0) is 15.2. The van der Waals surface area contributed by atoms with Crippen molar-refractivity contribution in [1.29, 1.82) is 5.26 Å². The van der Waals surface area contributed by atoms with Crippen molar-refractivity contribution in [2.75, 3.05) is 7.11 Å². The average Bonchev–Trinajstić information content (AvgIpc) is 2.86. The highest BCUT2D eigenvalue weighted by Crippen LogP contribution is 2.24. The molecule has 0 atom stereocenters. The van der Waals surface area contributed by atoms with Gasteiger partial charge >= 0.3 is 5.69 Å². The lowest BCUT2D eigenvalue weighted by Crippen LogP contribution is -2.17. The first kappa shape index (κ1) is 15.2. The molecule has 0 spiro atoms. The van der Waals surface area contributed by atoms with Gasteiger partial charge < -0.3 is 4.74 Å². The number of nitrogens with one attached hydrogen (secondary N) is 1. The first-order valence-electron chi connectivity index (χ1n) is 6.54. The lowest BCUT2D eigenvalue weighted by atomic mass is 10.1. The second-order valence-electron chi connectivity index (χ2n) is 4.40. The number of aromatic nitrogens is 3. The van der Waals surface area contributed by atoms with Crippen LogP contribution in [0, 0.1) is 11.3 Å². The van der Waals surface area contributed by atoms with Crippen molar-refractivity contribution in [2.24, 2.45) is 0 Å². The zero-order valence-electron chi connectivity index (χ0n) is 11.9. The van der Waals surface area contributed by atoms with Crippen LogP contribution in [0.15, 0.2) is 28.2 Å². The molecule has 0 aliphatic carbocycles. The van der Waals surface area contributed by atoms with Gasteiger partial charge in [0.1, 0.15) is 11.8 Å². The Balaban J connectivity index is 2.14. The number of H-pyrrole nitrogens is 1. The van der Waals surface area contributed by atoms with Gasteiger partial charge in [-0.3, -0.25) is 4.57 Å². The van der Waals surface area contributed by atoms with Gasteiger partial charge in [0, 0.05) is 12.3 Å². The number of nitrogens with zero attached hydrogens (tertiary/aromatic N) is 3. The summed E-state index contributed by atoms with van der Waals surface area (Å²) in [6, 6.07) is 7.58. The minimum atomic E-state index is -0.188. The normalized spacial score (nSPS) is 10.3. The Morgan fingerprint density at radius 1 is 1.52 bits per heavy atom. The first-order chi connectivity index (χ1) is 10.2. The molecule has 110 valence electrons. The molecule has 0 unspecified atom stereocenters. The van der Waals surface area contributed by atoms with Crippen molar-refractivity contribution in [2.45, 2.75) is 30.8 Å². The number of methoxy groups -OCH3 is 1. The molecule has 7 heteroatoms. The van der Waals surface area contributed by atoms with Crippen LogP contribution < -0.4 is 10.4 Å². The van der Waals surface area contributed by atoms with Crippen LogP contribution in [0.3, 0.4) is 0 Å². The van der Waals surface area contributed by atoms with E-state index in [1.807, 2.05) is 13.0 Å². The van der Waals surface area contributed by atoms with Crippen molar-refractivity contribution < 1.29 is 4.74 Å². The van der Waals surface area contributed by atoms with Crippen molar-refractivity contribution >= 4 is 11.8 Å². The molecule has 21 heavy (non-hydrogen) atoms. The lowest BCUT2D eigenvalue weighted by Gasteiger charge is -2.06. The number of benzene rings is 1. The van der Waals surface area contributed by atoms with Crippen LogP contribution in [0.2, 0.25) is 0 Å². The fraction of sp³-hybridized carbons (Fsp3) is 0.357. The Bertz CT molecular complexity index is 714. The fourth-order valence-electron chi connectivity index (χ4n) is 1.91. The van der Waals surface area contributed by atoms with Crippen LogP contribution in [0.1, 0.15) is 24.5 Å². The Labute approximate surface area is 126 Å². The molecule has 0 aliphatic heterocycles. The number of hydrogen-bond acceptors (Lipinski definition) is 5. The molecule has 1 aromatic heterocycles. The number of thioether (sulfide) groups is 1. The van der Waals surface area contributed by atoms with E-state index in [1.165, 1.54) is 18.9 Å². The lowest BCUT2D eigenvalue weighted by molar-refractivity contribution is 0.413. The highest BCUT2D eigenvalue weighted by atomic mass is 32.2. The van der Waals surface area contributed by atoms with Gasteiger partial charge in [-0.1, -0.05) is 24.8 Å². The summed E-state index contributed by atoms with van der Waals surface area (Å²) in [7, 11) is 1.54. The maximum atomic E-state index is 11.6. The quantitative estimate of drug-likeness (QED) is 0.827. The van der Waals surface area contributed by atoms with Crippen molar-refractivity contribution in [3.05, 3.63) is 39.8 Å². The Kier molecular flexibility index (Phi) is 5.06. The molecule has 1 heterocycles. The van der Waals surface area contributed by atoms with Gasteiger partial charge in [-0.05, 0) is 24.1 Å². The van der Waals surface area contributed by atoms with E-state index in [0.29, 0.717) is 28.8 Å². The summed E-state index contributed by atoms with van der Waals surface area (Å²) in [6.07, 6.45) is 0.869. The van der Waals surface area contributed by atoms with Gasteiger partial charge in [0.2, 0.25) is 0 Å². The topological polar surface area (TPSA) is 83.7 Å². The summed E-state index contributed by atoms with van der Waals surface area (Å²) in [5.41, 5.74) is 1.30. The standard InChI is InChI=1S/C14H16N4O2S/c1-3-6-18-13(19)16-17-14(18)21-9-10-4-5-12(20-2)11(7-10)8-15/h4-5,7H,3,6,9H2,1-2H3,(H,16,19). The largest absolute Gasteiger partial charge is 0.495 e. The van der Waals surface area contributed by atoms with Crippen LogP contribution in [0.5, 0.6) is 5.75 Å². The van der Waals surface area contributed by atoms with E-state index in [1.54, 1.807) is 16.7 Å². The summed E-state index contributed by atoms with van der Waals surface area (Å²) in [6.45, 7) is 2.65. The predicted octanol–water partition coefficient (Wildman–Crippen LogP) is 2.15. The molecular formula is C14H16N4O2S. The van der Waals surface area contributed by atoms with Gasteiger partial charge in [0.05, 0.1) is 12.7 Å². The third-order valence-corrected chi connectivity index (χ3v) is 3.97. The van der Waals surface area contributed by atoms with E-state index in [-0.39, 0.29) is 5.69 Å². The smallest absolute Gasteiger partial charge is 0.343 e. The van der Waals surface area contributed by atoms with Gasteiger partial charge in [-0.25, -0.2) is 9.89 Å². The van der Waals surface area contributed by atoms with Crippen LogP contribution in [-0.4, -0.2) is 21.9 Å². The van der Waals surface area contributed by atoms with E-state index >= 15 is 0 Å². The minimum Gasteiger partial charge on any atom is -0.495 e. The van der Waals surface area contributed by atoms with Crippen molar-refractivity contribution in [3.63, 3.8) is 0 Å². The Morgan fingerprint density at radius 2 is 2.33 bits per heavy atom. The predicted molar refractivity (Wildman–Crippen MR) is 80.4 cm³/mol. The second-order valence-corrected chi connectivity index (χ2v) is 5.34. The van der Waals surface area contributed by atoms with Crippen LogP contribution in [-0.2, 0) is 12.3 Å². The van der Waals surface area contributed by atoms with Crippen molar-refractivity contribution in [3.8, 4) is 11.8 Å². The van der Waals surface area contributed by atoms with E-state index in [4.69, 9.17) is 10.00 Å². The van der Waals surface area contributed by atoms with Crippen molar-refractivity contribution in [1.82, 2.24) is 14.8 Å². The maximum absolute atomic E-state index is 11.6. The molecule has 0 fully saturated rings. The first-order valence-corrected chi connectivity index (χ1v) is 7.53. The molecular weight excluding hydrogens is 288 g/mol. The zero-order valence-corrected chi connectivity index (χ0v) is 12.7. The van der Waals surface area contributed by atoms with E-state index in [9.17, 15) is 4.79 Å². The molecule has 0 radical (unpaired) electrons. The number of ether oxygens (including phenoxy) is 1. The maximum Gasteiger partial charge on any atom is 0.343 e. The van der Waals surface area contributed by atoms with Crippen LogP contribution in [0.25, 0.3) is 0 Å². The second kappa shape index (κ2) is 6.99. The van der Waals surface area contributed by atoms with Crippen LogP contribution >= 0.6 is 11.8 Å². The van der Waals surface area contributed by atoms with Crippen LogP contribution in [0.4, 0.5) is 0 Å². The molecule has 2 rings (SSSR count). The molecule has 0 saturated carbocycles. The van der Waals surface area contributed by atoms with E-state index < -0.39 is 0 Å². The summed E-state index contributed by atoms with van der Waals surface area (Å²) < 4.78 is 6.74. The molecule has 2 aromatic rings. The molecule has 1 aromatic carbocycles. The number of rotatable bonds is 6. The summed E-state index contributed by atoms with van der Waals surface area (Å²) in [4.78, 5) is 11.6. The number of nitriles is 1. The van der Waals surface area contributed by atoms with Gasteiger partial charge in [0.25, 0.3) is 0 Å².